The first-order valence-electron chi connectivity index (χ1n) is 10.7. The number of nitro benzene ring substituents is 1. The number of para-hydroxylation sites is 1. The molecule has 9 heteroatoms. The minimum atomic E-state index is -0.433. The van der Waals surface area contributed by atoms with E-state index in [4.69, 9.17) is 4.74 Å². The van der Waals surface area contributed by atoms with Gasteiger partial charge in [0.2, 0.25) is 0 Å². The number of nitro groups is 1. The summed E-state index contributed by atoms with van der Waals surface area (Å²) in [4.78, 5) is 32.6. The summed E-state index contributed by atoms with van der Waals surface area (Å²) in [6.45, 7) is 2.91. The van der Waals surface area contributed by atoms with E-state index in [0.717, 1.165) is 11.4 Å². The molecule has 1 fully saturated rings. The van der Waals surface area contributed by atoms with Gasteiger partial charge < -0.3 is 19.9 Å². The van der Waals surface area contributed by atoms with E-state index in [0.29, 0.717) is 37.6 Å². The normalized spacial score (nSPS) is 13.5. The highest BCUT2D eigenvalue weighted by Gasteiger charge is 2.25. The molecule has 0 aliphatic carbocycles. The van der Waals surface area contributed by atoms with E-state index in [9.17, 15) is 14.9 Å². The first-order chi connectivity index (χ1) is 16.1. The number of ether oxygens (including phenoxy) is 1. The number of hydrogen-bond acceptors (Lipinski definition) is 7. The van der Waals surface area contributed by atoms with Crippen LogP contribution in [0.2, 0.25) is 0 Å². The number of aromatic nitrogens is 1. The molecular weight excluding hydrogens is 422 g/mol. The zero-order valence-electron chi connectivity index (χ0n) is 18.3. The summed E-state index contributed by atoms with van der Waals surface area (Å²) in [5.74, 6) is 1.19. The van der Waals surface area contributed by atoms with Crippen molar-refractivity contribution in [2.45, 2.75) is 6.54 Å². The van der Waals surface area contributed by atoms with Crippen molar-refractivity contribution < 1.29 is 14.5 Å². The molecule has 0 atom stereocenters. The first-order valence-corrected chi connectivity index (χ1v) is 10.7. The van der Waals surface area contributed by atoms with Crippen LogP contribution in [0.4, 0.5) is 17.2 Å². The van der Waals surface area contributed by atoms with E-state index in [1.165, 1.54) is 6.07 Å². The Labute approximate surface area is 191 Å². The molecule has 1 saturated heterocycles. The van der Waals surface area contributed by atoms with Crippen molar-refractivity contribution in [1.29, 1.82) is 0 Å². The number of pyridine rings is 1. The number of methoxy groups -OCH3 is 1. The maximum atomic E-state index is 12.7. The van der Waals surface area contributed by atoms with Crippen molar-refractivity contribution in [3.05, 3.63) is 88.1 Å². The molecule has 2 aromatic carbocycles. The summed E-state index contributed by atoms with van der Waals surface area (Å²) in [5, 5.41) is 14.6. The Morgan fingerprint density at radius 2 is 1.79 bits per heavy atom. The topological polar surface area (TPSA) is 101 Å². The molecule has 170 valence electrons. The molecule has 9 nitrogen and oxygen atoms in total. The number of anilines is 2. The summed E-state index contributed by atoms with van der Waals surface area (Å²) >= 11 is 0. The van der Waals surface area contributed by atoms with Crippen LogP contribution < -0.4 is 19.9 Å². The Balaban J connectivity index is 1.45. The number of amides is 1. The lowest BCUT2D eigenvalue weighted by atomic mass is 10.1. The molecule has 2 heterocycles. The molecule has 1 N–H and O–H groups in total. The van der Waals surface area contributed by atoms with Gasteiger partial charge in [0.25, 0.3) is 11.6 Å². The number of nitrogens with one attached hydrogen (secondary N) is 1. The van der Waals surface area contributed by atoms with Gasteiger partial charge in [-0.05, 0) is 30.3 Å². The number of piperazine rings is 1. The molecule has 0 saturated carbocycles. The van der Waals surface area contributed by atoms with Crippen molar-refractivity contribution in [2.24, 2.45) is 0 Å². The van der Waals surface area contributed by atoms with E-state index in [1.807, 2.05) is 47.4 Å². The molecule has 1 aromatic heterocycles. The molecule has 0 spiro atoms. The Hall–Kier alpha value is -4.14. The van der Waals surface area contributed by atoms with Crippen molar-refractivity contribution in [3.8, 4) is 5.75 Å². The molecule has 0 radical (unpaired) electrons. The van der Waals surface area contributed by atoms with Crippen molar-refractivity contribution >= 4 is 23.1 Å². The van der Waals surface area contributed by atoms with Crippen LogP contribution in [0.15, 0.2) is 66.9 Å². The molecule has 0 bridgehead atoms. The van der Waals surface area contributed by atoms with Gasteiger partial charge in [-0.15, -0.1) is 0 Å². The van der Waals surface area contributed by atoms with Gasteiger partial charge in [0, 0.05) is 56.1 Å². The lowest BCUT2D eigenvalue weighted by Gasteiger charge is -2.36. The molecule has 0 unspecified atom stereocenters. The molecule has 1 aliphatic rings. The fourth-order valence-electron chi connectivity index (χ4n) is 3.92. The van der Waals surface area contributed by atoms with Gasteiger partial charge in [-0.25, -0.2) is 4.98 Å². The molecular formula is C24H25N5O4. The maximum absolute atomic E-state index is 12.7. The highest BCUT2D eigenvalue weighted by Crippen LogP contribution is 2.30. The number of carbonyl (C=O) groups excluding carboxylic acids is 1. The Morgan fingerprint density at radius 1 is 1.06 bits per heavy atom. The Morgan fingerprint density at radius 3 is 2.48 bits per heavy atom. The third-order valence-corrected chi connectivity index (χ3v) is 5.66. The monoisotopic (exact) mass is 447 g/mol. The predicted molar refractivity (Wildman–Crippen MR) is 126 cm³/mol. The smallest absolute Gasteiger partial charge is 0.293 e. The lowest BCUT2D eigenvalue weighted by molar-refractivity contribution is -0.384. The summed E-state index contributed by atoms with van der Waals surface area (Å²) in [6.07, 6.45) is 1.75. The Bertz CT molecular complexity index is 1130. The van der Waals surface area contributed by atoms with Crippen molar-refractivity contribution in [1.82, 2.24) is 10.3 Å². The second-order valence-electron chi connectivity index (χ2n) is 7.62. The number of hydrogen-bond donors (Lipinski definition) is 1. The van der Waals surface area contributed by atoms with Crippen molar-refractivity contribution in [3.63, 3.8) is 0 Å². The number of benzene rings is 2. The molecule has 1 aliphatic heterocycles. The van der Waals surface area contributed by atoms with Gasteiger partial charge in [0.05, 0.1) is 12.0 Å². The largest absolute Gasteiger partial charge is 0.496 e. The van der Waals surface area contributed by atoms with Crippen molar-refractivity contribution in [2.75, 3.05) is 43.1 Å². The van der Waals surface area contributed by atoms with Crippen LogP contribution in [-0.2, 0) is 6.54 Å². The average molecular weight is 447 g/mol. The quantitative estimate of drug-likeness (QED) is 0.438. The number of rotatable bonds is 7. The van der Waals surface area contributed by atoms with Gasteiger partial charge in [0.15, 0.2) is 0 Å². The highest BCUT2D eigenvalue weighted by molar-refractivity contribution is 5.95. The van der Waals surface area contributed by atoms with E-state index in [1.54, 1.807) is 25.4 Å². The van der Waals surface area contributed by atoms with Gasteiger partial charge in [0.1, 0.15) is 17.3 Å². The third kappa shape index (κ3) is 5.03. The van der Waals surface area contributed by atoms with Crippen LogP contribution in [0.25, 0.3) is 0 Å². The third-order valence-electron chi connectivity index (χ3n) is 5.66. The van der Waals surface area contributed by atoms with Gasteiger partial charge in [-0.3, -0.25) is 14.9 Å². The fraction of sp³-hybridized carbons (Fsp3) is 0.250. The van der Waals surface area contributed by atoms with Gasteiger partial charge in [-0.1, -0.05) is 24.3 Å². The standard InChI is InChI=1S/C24H25N5O4/c1-33-22-7-3-2-6-19(22)17-26-24(30)18-9-10-20(21(16-18)29(31)32)27-12-14-28(15-13-27)23-8-4-5-11-25-23/h2-11,16H,12-15,17H2,1H3,(H,26,30). The molecule has 3 aromatic rings. The van der Waals surface area contributed by atoms with Crippen LogP contribution in [0, 0.1) is 10.1 Å². The maximum Gasteiger partial charge on any atom is 0.293 e. The highest BCUT2D eigenvalue weighted by atomic mass is 16.6. The lowest BCUT2D eigenvalue weighted by Crippen LogP contribution is -2.47. The average Bonchev–Trinajstić information content (AvgIpc) is 2.87. The zero-order chi connectivity index (χ0) is 23.2. The SMILES string of the molecule is COc1ccccc1CNC(=O)c1ccc(N2CCN(c3ccccn3)CC2)c([N+](=O)[O-])c1. The fourth-order valence-corrected chi connectivity index (χ4v) is 3.92. The summed E-state index contributed by atoms with van der Waals surface area (Å²) < 4.78 is 5.30. The molecule has 1 amide bonds. The van der Waals surface area contributed by atoms with Crippen LogP contribution in [0.5, 0.6) is 5.75 Å². The van der Waals surface area contributed by atoms with Crippen LogP contribution >= 0.6 is 0 Å². The second kappa shape index (κ2) is 9.99. The van der Waals surface area contributed by atoms with E-state index >= 15 is 0 Å². The minimum Gasteiger partial charge on any atom is -0.496 e. The van der Waals surface area contributed by atoms with E-state index < -0.39 is 4.92 Å². The first kappa shape index (κ1) is 22.1. The number of carbonyl (C=O) groups is 1. The zero-order valence-corrected chi connectivity index (χ0v) is 18.3. The van der Waals surface area contributed by atoms with E-state index in [-0.39, 0.29) is 23.7 Å². The summed E-state index contributed by atoms with van der Waals surface area (Å²) in [6, 6.07) is 17.8. The summed E-state index contributed by atoms with van der Waals surface area (Å²) in [7, 11) is 1.57. The van der Waals surface area contributed by atoms with Crippen LogP contribution in [-0.4, -0.2) is 49.1 Å². The second-order valence-corrected chi connectivity index (χ2v) is 7.62. The molecule has 4 rings (SSSR count). The number of nitrogens with zero attached hydrogens (tertiary/aromatic N) is 4. The van der Waals surface area contributed by atoms with Gasteiger partial charge >= 0.3 is 0 Å². The van der Waals surface area contributed by atoms with E-state index in [2.05, 4.69) is 15.2 Å². The predicted octanol–water partition coefficient (Wildman–Crippen LogP) is 3.26. The van der Waals surface area contributed by atoms with Crippen LogP contribution in [0.1, 0.15) is 15.9 Å². The minimum absolute atomic E-state index is 0.0776. The van der Waals surface area contributed by atoms with Gasteiger partial charge in [-0.2, -0.15) is 0 Å². The Kier molecular flexibility index (Phi) is 6.68. The van der Waals surface area contributed by atoms with Crippen LogP contribution in [0.3, 0.4) is 0 Å². The molecule has 33 heavy (non-hydrogen) atoms. The summed E-state index contributed by atoms with van der Waals surface area (Å²) in [5.41, 5.74) is 1.51.